The van der Waals surface area contributed by atoms with E-state index in [-0.39, 0.29) is 11.5 Å². The van der Waals surface area contributed by atoms with E-state index in [0.29, 0.717) is 24.3 Å². The van der Waals surface area contributed by atoms with E-state index in [1.807, 2.05) is 25.3 Å². The molecule has 1 amide bonds. The molecule has 2 N–H and O–H groups in total. The van der Waals surface area contributed by atoms with Gasteiger partial charge < -0.3 is 19.7 Å². The van der Waals surface area contributed by atoms with Gasteiger partial charge in [-0.05, 0) is 17.2 Å². The van der Waals surface area contributed by atoms with Crippen LogP contribution in [-0.2, 0) is 18.3 Å². The molecular formula is C25H25N7O5. The number of carbonyl (C=O) groups excluding carboxylic acids is 1. The van der Waals surface area contributed by atoms with E-state index in [1.54, 1.807) is 30.1 Å². The zero-order valence-electron chi connectivity index (χ0n) is 20.5. The van der Waals surface area contributed by atoms with Gasteiger partial charge in [-0.2, -0.15) is 10.4 Å². The molecule has 1 aromatic carbocycles. The molecule has 0 spiro atoms. The lowest BCUT2D eigenvalue weighted by Gasteiger charge is -2.26. The summed E-state index contributed by atoms with van der Waals surface area (Å²) in [5.41, 5.74) is 0.972. The predicted molar refractivity (Wildman–Crippen MR) is 131 cm³/mol. The van der Waals surface area contributed by atoms with E-state index in [9.17, 15) is 20.0 Å². The van der Waals surface area contributed by atoms with Crippen LogP contribution in [0.3, 0.4) is 0 Å². The van der Waals surface area contributed by atoms with Crippen LogP contribution in [0.15, 0.2) is 58.4 Å². The Labute approximate surface area is 211 Å². The third-order valence-corrected chi connectivity index (χ3v) is 6.07. The SMILES string of the molecule is COCCn1cc([C@@H](c2ccccc2C#N)[C@H](C)c2nc(C(=O)Nc3cnoc3)c(O)c(=O)n2C)cn1. The zero-order chi connectivity index (χ0) is 26.5. The Morgan fingerprint density at radius 3 is 2.81 bits per heavy atom. The lowest BCUT2D eigenvalue weighted by atomic mass is 9.80. The molecule has 0 saturated heterocycles. The maximum absolute atomic E-state index is 12.9. The van der Waals surface area contributed by atoms with Gasteiger partial charge >= 0.3 is 0 Å². The minimum Gasteiger partial charge on any atom is -0.501 e. The van der Waals surface area contributed by atoms with Gasteiger partial charge in [-0.1, -0.05) is 30.3 Å². The highest BCUT2D eigenvalue weighted by molar-refractivity contribution is 6.04. The Bertz CT molecular complexity index is 1500. The molecule has 3 heterocycles. The molecule has 0 saturated carbocycles. The average molecular weight is 504 g/mol. The Hall–Kier alpha value is -4.76. The highest BCUT2D eigenvalue weighted by Gasteiger charge is 2.31. The Morgan fingerprint density at radius 2 is 2.11 bits per heavy atom. The number of aromatic hydroxyl groups is 1. The molecule has 4 rings (SSSR count). The summed E-state index contributed by atoms with van der Waals surface area (Å²) in [6, 6.07) is 9.38. The number of ether oxygens (including phenoxy) is 1. The van der Waals surface area contributed by atoms with Crippen LogP contribution >= 0.6 is 0 Å². The zero-order valence-corrected chi connectivity index (χ0v) is 20.5. The number of nitriles is 1. The van der Waals surface area contributed by atoms with Crippen molar-refractivity contribution in [3.05, 3.63) is 87.7 Å². The Kier molecular flexibility index (Phi) is 7.45. The molecule has 0 unspecified atom stereocenters. The summed E-state index contributed by atoms with van der Waals surface area (Å²) in [7, 11) is 3.07. The normalized spacial score (nSPS) is 12.6. The van der Waals surface area contributed by atoms with Gasteiger partial charge in [0.15, 0.2) is 5.69 Å². The number of nitrogens with one attached hydrogen (secondary N) is 1. The largest absolute Gasteiger partial charge is 0.501 e. The topological polar surface area (TPSA) is 161 Å². The summed E-state index contributed by atoms with van der Waals surface area (Å²) in [6.07, 6.45) is 6.03. The summed E-state index contributed by atoms with van der Waals surface area (Å²) in [4.78, 5) is 30.2. The maximum Gasteiger partial charge on any atom is 0.296 e. The molecule has 12 nitrogen and oxygen atoms in total. The molecule has 12 heteroatoms. The highest BCUT2D eigenvalue weighted by Crippen LogP contribution is 2.39. The van der Waals surface area contributed by atoms with Crippen LogP contribution in [0.4, 0.5) is 5.69 Å². The van der Waals surface area contributed by atoms with Crippen molar-refractivity contribution in [2.75, 3.05) is 19.0 Å². The average Bonchev–Trinajstić information content (AvgIpc) is 3.59. The highest BCUT2D eigenvalue weighted by atomic mass is 16.5. The van der Waals surface area contributed by atoms with Crippen molar-refractivity contribution in [3.8, 4) is 11.8 Å². The van der Waals surface area contributed by atoms with E-state index < -0.39 is 34.7 Å². The number of carbonyl (C=O) groups is 1. The maximum atomic E-state index is 12.9. The van der Waals surface area contributed by atoms with Crippen LogP contribution in [0.5, 0.6) is 5.75 Å². The van der Waals surface area contributed by atoms with Crippen LogP contribution in [0, 0.1) is 11.3 Å². The smallest absolute Gasteiger partial charge is 0.296 e. The molecule has 3 aromatic heterocycles. The fourth-order valence-electron chi connectivity index (χ4n) is 4.23. The van der Waals surface area contributed by atoms with Gasteiger partial charge in [0.2, 0.25) is 5.75 Å². The van der Waals surface area contributed by atoms with Gasteiger partial charge in [-0.15, -0.1) is 0 Å². The molecule has 0 radical (unpaired) electrons. The molecule has 0 aliphatic rings. The fraction of sp³-hybridized carbons (Fsp3) is 0.280. The third-order valence-electron chi connectivity index (χ3n) is 6.07. The summed E-state index contributed by atoms with van der Waals surface area (Å²) in [6.45, 7) is 2.83. The number of amides is 1. The number of hydrogen-bond acceptors (Lipinski definition) is 9. The van der Waals surface area contributed by atoms with Crippen molar-refractivity contribution in [2.24, 2.45) is 7.05 Å². The fourth-order valence-corrected chi connectivity index (χ4v) is 4.23. The van der Waals surface area contributed by atoms with Gasteiger partial charge in [0.1, 0.15) is 17.8 Å². The van der Waals surface area contributed by atoms with E-state index in [4.69, 9.17) is 9.26 Å². The number of aromatic nitrogens is 5. The second-order valence-corrected chi connectivity index (χ2v) is 8.39. The quantitative estimate of drug-likeness (QED) is 0.349. The van der Waals surface area contributed by atoms with Gasteiger partial charge in [-0.3, -0.25) is 18.8 Å². The monoisotopic (exact) mass is 503 g/mol. The van der Waals surface area contributed by atoms with Crippen LogP contribution in [0.25, 0.3) is 0 Å². The molecule has 0 aliphatic carbocycles. The van der Waals surface area contributed by atoms with Gasteiger partial charge in [0.05, 0.1) is 37.2 Å². The molecule has 0 aliphatic heterocycles. The first-order valence-corrected chi connectivity index (χ1v) is 11.4. The number of hydrogen-bond donors (Lipinski definition) is 2. The summed E-state index contributed by atoms with van der Waals surface area (Å²) in [5, 5.41) is 30.7. The van der Waals surface area contributed by atoms with E-state index in [1.165, 1.54) is 24.1 Å². The molecule has 0 bridgehead atoms. The second-order valence-electron chi connectivity index (χ2n) is 8.39. The number of rotatable bonds is 9. The van der Waals surface area contributed by atoms with Crippen LogP contribution in [-0.4, -0.2) is 49.2 Å². The number of anilines is 1. The summed E-state index contributed by atoms with van der Waals surface area (Å²) in [5.74, 6) is -2.32. The van der Waals surface area contributed by atoms with Crippen LogP contribution in [0.2, 0.25) is 0 Å². The van der Waals surface area contributed by atoms with Crippen molar-refractivity contribution in [1.29, 1.82) is 5.26 Å². The van der Waals surface area contributed by atoms with Crippen molar-refractivity contribution >= 4 is 11.6 Å². The number of benzene rings is 1. The molecule has 4 aromatic rings. The second kappa shape index (κ2) is 10.9. The Morgan fingerprint density at radius 1 is 1.32 bits per heavy atom. The predicted octanol–water partition coefficient (Wildman–Crippen LogP) is 2.38. The first-order valence-electron chi connectivity index (χ1n) is 11.4. The molecule has 2 atom stereocenters. The van der Waals surface area contributed by atoms with Crippen LogP contribution in [0.1, 0.15) is 51.8 Å². The van der Waals surface area contributed by atoms with E-state index in [0.717, 1.165) is 5.56 Å². The van der Waals surface area contributed by atoms with E-state index in [2.05, 4.69) is 26.6 Å². The minimum absolute atomic E-state index is 0.237. The molecular weight excluding hydrogens is 478 g/mol. The first kappa shape index (κ1) is 25.3. The van der Waals surface area contributed by atoms with Crippen LogP contribution < -0.4 is 10.9 Å². The minimum atomic E-state index is -0.798. The lowest BCUT2D eigenvalue weighted by Crippen LogP contribution is -2.29. The van der Waals surface area contributed by atoms with Gasteiger partial charge in [0.25, 0.3) is 11.5 Å². The first-order chi connectivity index (χ1) is 17.8. The van der Waals surface area contributed by atoms with Crippen molar-refractivity contribution in [1.82, 2.24) is 24.5 Å². The van der Waals surface area contributed by atoms with E-state index >= 15 is 0 Å². The molecule has 0 fully saturated rings. The van der Waals surface area contributed by atoms with Gasteiger partial charge in [-0.25, -0.2) is 4.98 Å². The Balaban J connectivity index is 1.83. The number of nitrogens with zero attached hydrogens (tertiary/aromatic N) is 6. The standard InChI is InChI=1S/C25H25N7O5/c1-15(23-30-21(22(33)25(35)31(23)2)24(34)29-18-12-28-37-14-18)20(19-7-5-4-6-16(19)10-26)17-11-27-32(13-17)8-9-36-3/h4-7,11-15,20,33H,8-9H2,1-3H3,(H,29,34)/t15-,20-/m0/s1. The van der Waals surface area contributed by atoms with Gasteiger partial charge in [0, 0.05) is 32.2 Å². The molecule has 37 heavy (non-hydrogen) atoms. The third kappa shape index (κ3) is 5.12. The number of methoxy groups -OCH3 is 1. The van der Waals surface area contributed by atoms with Crippen molar-refractivity contribution < 1.29 is 19.2 Å². The lowest BCUT2D eigenvalue weighted by molar-refractivity contribution is 0.101. The van der Waals surface area contributed by atoms with Crippen molar-refractivity contribution in [3.63, 3.8) is 0 Å². The summed E-state index contributed by atoms with van der Waals surface area (Å²) < 4.78 is 12.8. The molecule has 190 valence electrons. The van der Waals surface area contributed by atoms with Crippen molar-refractivity contribution in [2.45, 2.75) is 25.3 Å². The summed E-state index contributed by atoms with van der Waals surface area (Å²) >= 11 is 0.